The predicted octanol–water partition coefficient (Wildman–Crippen LogP) is 1.80. The Labute approximate surface area is 81.0 Å². The summed E-state index contributed by atoms with van der Waals surface area (Å²) in [5.74, 6) is 1.48. The molecule has 0 spiro atoms. The summed E-state index contributed by atoms with van der Waals surface area (Å²) in [6, 6.07) is 7.03. The molecule has 1 aromatic carbocycles. The minimum Gasteiger partial charge on any atom is -0.481 e. The van der Waals surface area contributed by atoms with E-state index in [4.69, 9.17) is 11.5 Å². The van der Waals surface area contributed by atoms with Gasteiger partial charge in [-0.1, -0.05) is 5.92 Å². The summed E-state index contributed by atoms with van der Waals surface area (Å²) in [6.07, 6.45) is 6.83. The van der Waals surface area contributed by atoms with Crippen LogP contribution >= 0.6 is 11.8 Å². The van der Waals surface area contributed by atoms with Crippen molar-refractivity contribution in [2.24, 2.45) is 0 Å². The number of carboxylic acids is 1. The third kappa shape index (κ3) is 3.22. The van der Waals surface area contributed by atoms with E-state index >= 15 is 0 Å². The molecule has 0 heterocycles. The van der Waals surface area contributed by atoms with Crippen molar-refractivity contribution in [1.82, 2.24) is 0 Å². The average molecular weight is 191 g/mol. The molecule has 0 unspecified atom stereocenters. The van der Waals surface area contributed by atoms with Crippen molar-refractivity contribution in [3.05, 3.63) is 36.3 Å². The number of thioether (sulfide) groups is 1. The molecule has 0 saturated carbocycles. The number of rotatable bonds is 3. The summed E-state index contributed by atoms with van der Waals surface area (Å²) in [5.41, 5.74) is 0.694. The molecule has 1 aromatic rings. The van der Waals surface area contributed by atoms with Crippen LogP contribution in [0.4, 0.5) is 0 Å². The fraction of sp³-hybridized carbons (Fsp3) is 0.100. The highest BCUT2D eigenvalue weighted by Crippen LogP contribution is 2.17. The lowest BCUT2D eigenvalue weighted by atomic mass is 10.2. The molecule has 1 radical (unpaired) electrons. The number of aliphatic carboxylic acids is 1. The summed E-state index contributed by atoms with van der Waals surface area (Å²) < 4.78 is 0. The van der Waals surface area contributed by atoms with Crippen molar-refractivity contribution < 1.29 is 9.90 Å². The van der Waals surface area contributed by atoms with Gasteiger partial charge in [0.25, 0.3) is 0 Å². The number of carboxylic acid groups (broad SMARTS) is 1. The van der Waals surface area contributed by atoms with Crippen LogP contribution in [0.15, 0.2) is 29.2 Å². The molecule has 2 nitrogen and oxygen atoms in total. The minimum absolute atomic E-state index is 0.0631. The van der Waals surface area contributed by atoms with Crippen LogP contribution in [0.2, 0.25) is 0 Å². The summed E-state index contributed by atoms with van der Waals surface area (Å²) in [4.78, 5) is 11.1. The van der Waals surface area contributed by atoms with E-state index in [2.05, 4.69) is 5.92 Å². The van der Waals surface area contributed by atoms with Crippen LogP contribution in [-0.2, 0) is 4.79 Å². The molecular weight excluding hydrogens is 184 g/mol. The van der Waals surface area contributed by atoms with Crippen LogP contribution in [0, 0.1) is 12.3 Å². The molecule has 0 fully saturated rings. The maximum atomic E-state index is 10.2. The highest BCUT2D eigenvalue weighted by molar-refractivity contribution is 8.00. The molecule has 0 bridgehead atoms. The maximum absolute atomic E-state index is 10.2. The Morgan fingerprint density at radius 1 is 1.46 bits per heavy atom. The predicted molar refractivity (Wildman–Crippen MR) is 51.0 cm³/mol. The SMILES string of the molecule is [C]#Cc1ccc(SCC(=O)O)cc1. The van der Waals surface area contributed by atoms with Crippen LogP contribution < -0.4 is 0 Å². The van der Waals surface area contributed by atoms with E-state index in [1.54, 1.807) is 24.3 Å². The molecule has 0 aliphatic heterocycles. The number of hydrogen-bond donors (Lipinski definition) is 1. The van der Waals surface area contributed by atoms with Gasteiger partial charge in [-0.15, -0.1) is 11.8 Å². The number of carbonyl (C=O) groups is 1. The fourth-order valence-corrected chi connectivity index (χ4v) is 1.40. The van der Waals surface area contributed by atoms with E-state index in [9.17, 15) is 4.79 Å². The van der Waals surface area contributed by atoms with Gasteiger partial charge >= 0.3 is 5.97 Å². The van der Waals surface area contributed by atoms with Crippen molar-refractivity contribution in [3.63, 3.8) is 0 Å². The Bertz CT molecular complexity index is 335. The Balaban J connectivity index is 2.60. The lowest BCUT2D eigenvalue weighted by Crippen LogP contribution is -1.97. The van der Waals surface area contributed by atoms with E-state index in [0.717, 1.165) is 4.90 Å². The van der Waals surface area contributed by atoms with Crippen molar-refractivity contribution in [1.29, 1.82) is 0 Å². The normalized spacial score (nSPS) is 9.15. The zero-order valence-corrected chi connectivity index (χ0v) is 7.60. The molecule has 0 aromatic heterocycles. The number of benzene rings is 1. The van der Waals surface area contributed by atoms with Crippen LogP contribution in [-0.4, -0.2) is 16.8 Å². The van der Waals surface area contributed by atoms with Gasteiger partial charge in [0, 0.05) is 10.5 Å². The third-order valence-corrected chi connectivity index (χ3v) is 2.36. The van der Waals surface area contributed by atoms with Crippen LogP contribution in [0.3, 0.4) is 0 Å². The van der Waals surface area contributed by atoms with Gasteiger partial charge in [-0.2, -0.15) is 0 Å². The largest absolute Gasteiger partial charge is 0.481 e. The van der Waals surface area contributed by atoms with Crippen molar-refractivity contribution in [2.45, 2.75) is 4.90 Å². The molecular formula is C10H7O2S. The van der Waals surface area contributed by atoms with Gasteiger partial charge in [-0.3, -0.25) is 4.79 Å². The standard InChI is InChI=1S/C10H7O2S/c1-2-8-3-5-9(6-4-8)13-7-10(11)12/h3-6H,7H2,(H,11,12). The zero-order chi connectivity index (χ0) is 9.68. The van der Waals surface area contributed by atoms with Gasteiger partial charge in [-0.05, 0) is 30.7 Å². The molecule has 13 heavy (non-hydrogen) atoms. The fourth-order valence-electron chi connectivity index (χ4n) is 0.780. The smallest absolute Gasteiger partial charge is 0.313 e. The first-order valence-corrected chi connectivity index (χ1v) is 4.58. The summed E-state index contributed by atoms with van der Waals surface area (Å²) in [7, 11) is 0. The highest BCUT2D eigenvalue weighted by atomic mass is 32.2. The third-order valence-electron chi connectivity index (χ3n) is 1.36. The first-order chi connectivity index (χ1) is 6.22. The lowest BCUT2D eigenvalue weighted by Gasteiger charge is -1.97. The molecule has 1 rings (SSSR count). The highest BCUT2D eigenvalue weighted by Gasteiger charge is 1.98. The zero-order valence-electron chi connectivity index (χ0n) is 6.78. The second-order valence-electron chi connectivity index (χ2n) is 2.33. The van der Waals surface area contributed by atoms with E-state index < -0.39 is 5.97 Å². The Hall–Kier alpha value is -1.40. The molecule has 0 aliphatic rings. The van der Waals surface area contributed by atoms with Gasteiger partial charge in [0.2, 0.25) is 0 Å². The molecule has 3 heteroatoms. The van der Waals surface area contributed by atoms with Crippen LogP contribution in [0.25, 0.3) is 0 Å². The van der Waals surface area contributed by atoms with Gasteiger partial charge in [0.1, 0.15) is 0 Å². The van der Waals surface area contributed by atoms with Crippen LogP contribution in [0.1, 0.15) is 5.56 Å². The first kappa shape index (κ1) is 9.69. The first-order valence-electron chi connectivity index (χ1n) is 3.60. The summed E-state index contributed by atoms with van der Waals surface area (Å²) in [5, 5.41) is 8.41. The van der Waals surface area contributed by atoms with E-state index in [-0.39, 0.29) is 5.75 Å². The molecule has 0 atom stereocenters. The Morgan fingerprint density at radius 3 is 2.54 bits per heavy atom. The quantitative estimate of drug-likeness (QED) is 0.584. The van der Waals surface area contributed by atoms with E-state index in [1.807, 2.05) is 0 Å². The second-order valence-corrected chi connectivity index (χ2v) is 3.38. The Morgan fingerprint density at radius 2 is 2.08 bits per heavy atom. The van der Waals surface area contributed by atoms with Crippen LogP contribution in [0.5, 0.6) is 0 Å². The van der Waals surface area contributed by atoms with E-state index in [1.165, 1.54) is 11.8 Å². The molecule has 65 valence electrons. The van der Waals surface area contributed by atoms with Gasteiger partial charge in [0.05, 0.1) is 5.75 Å². The lowest BCUT2D eigenvalue weighted by molar-refractivity contribution is -0.133. The molecule has 0 amide bonds. The number of hydrogen-bond acceptors (Lipinski definition) is 2. The minimum atomic E-state index is -0.826. The summed E-state index contributed by atoms with van der Waals surface area (Å²) >= 11 is 1.26. The van der Waals surface area contributed by atoms with Crippen molar-refractivity contribution in [3.8, 4) is 5.92 Å². The monoisotopic (exact) mass is 191 g/mol. The van der Waals surface area contributed by atoms with Crippen molar-refractivity contribution in [2.75, 3.05) is 5.75 Å². The van der Waals surface area contributed by atoms with Gasteiger partial charge < -0.3 is 5.11 Å². The van der Waals surface area contributed by atoms with Gasteiger partial charge in [0.15, 0.2) is 0 Å². The average Bonchev–Trinajstić information content (AvgIpc) is 2.15. The molecule has 1 N–H and O–H groups in total. The topological polar surface area (TPSA) is 37.3 Å². The maximum Gasteiger partial charge on any atom is 0.313 e. The van der Waals surface area contributed by atoms with E-state index in [0.29, 0.717) is 5.56 Å². The molecule has 0 aliphatic carbocycles. The summed E-state index contributed by atoms with van der Waals surface area (Å²) in [6.45, 7) is 0. The Kier molecular flexibility index (Phi) is 3.41. The van der Waals surface area contributed by atoms with Crippen molar-refractivity contribution >= 4 is 17.7 Å². The van der Waals surface area contributed by atoms with Gasteiger partial charge in [-0.25, -0.2) is 0 Å². The molecule has 0 saturated heterocycles. The second kappa shape index (κ2) is 4.58.